The van der Waals surface area contributed by atoms with E-state index in [1.54, 1.807) is 37.8 Å². The Kier molecular flexibility index (Phi) is 7.22. The molecule has 0 bridgehead atoms. The van der Waals surface area contributed by atoms with E-state index in [0.717, 1.165) is 49.6 Å². The lowest BCUT2D eigenvalue weighted by molar-refractivity contribution is 0.0755. The van der Waals surface area contributed by atoms with E-state index in [9.17, 15) is 4.79 Å². The van der Waals surface area contributed by atoms with Crippen molar-refractivity contribution in [2.45, 2.75) is 32.7 Å². The minimum atomic E-state index is 0.0394. The summed E-state index contributed by atoms with van der Waals surface area (Å²) in [6.45, 7) is 5.92. The van der Waals surface area contributed by atoms with Crippen LogP contribution in [0.1, 0.15) is 41.0 Å². The molecule has 28 heavy (non-hydrogen) atoms. The number of nitrogens with zero attached hydrogens (tertiary/aromatic N) is 4. The molecule has 3 rings (SSSR count). The first-order valence-electron chi connectivity index (χ1n) is 9.68. The molecule has 0 N–H and O–H groups in total. The molecule has 1 amide bonds. The number of amides is 1. The average molecular weight is 405 g/mol. The van der Waals surface area contributed by atoms with Crippen LogP contribution < -0.4 is 9.47 Å². The SMILES string of the molecule is CCCc1nc(C(=O)N2CCCN(Cc3nccc(OC)c3OC)CC2)cs1. The summed E-state index contributed by atoms with van der Waals surface area (Å²) in [4.78, 5) is 26.0. The van der Waals surface area contributed by atoms with Gasteiger partial charge in [0.15, 0.2) is 11.5 Å². The van der Waals surface area contributed by atoms with Gasteiger partial charge >= 0.3 is 0 Å². The van der Waals surface area contributed by atoms with Crippen LogP contribution in [0.15, 0.2) is 17.6 Å². The molecule has 0 aliphatic carbocycles. The molecule has 2 aromatic rings. The Morgan fingerprint density at radius 2 is 2.07 bits per heavy atom. The standard InChI is InChI=1S/C20H28N4O3S/c1-4-6-18-22-16(14-28-18)20(25)24-10-5-9-23(11-12-24)13-15-19(27-3)17(26-2)7-8-21-15/h7-8,14H,4-6,9-13H2,1-3H3. The van der Waals surface area contributed by atoms with E-state index in [2.05, 4.69) is 21.8 Å². The molecule has 1 aliphatic heterocycles. The van der Waals surface area contributed by atoms with Crippen LogP contribution in [0.2, 0.25) is 0 Å². The number of aryl methyl sites for hydroxylation is 1. The minimum absolute atomic E-state index is 0.0394. The van der Waals surface area contributed by atoms with E-state index in [1.807, 2.05) is 10.3 Å². The van der Waals surface area contributed by atoms with Crippen molar-refractivity contribution < 1.29 is 14.3 Å². The molecule has 0 spiro atoms. The highest BCUT2D eigenvalue weighted by Crippen LogP contribution is 2.30. The number of carbonyl (C=O) groups excluding carboxylic acids is 1. The molecule has 3 heterocycles. The van der Waals surface area contributed by atoms with Crippen LogP contribution in [0, 0.1) is 0 Å². The second-order valence-electron chi connectivity index (χ2n) is 6.79. The fourth-order valence-corrected chi connectivity index (χ4v) is 4.28. The Morgan fingerprint density at radius 1 is 1.21 bits per heavy atom. The Bertz CT molecular complexity index is 796. The summed E-state index contributed by atoms with van der Waals surface area (Å²) in [7, 11) is 3.26. The van der Waals surface area contributed by atoms with Gasteiger partial charge in [0.05, 0.1) is 19.2 Å². The van der Waals surface area contributed by atoms with Gasteiger partial charge in [0, 0.05) is 50.4 Å². The summed E-state index contributed by atoms with van der Waals surface area (Å²) >= 11 is 1.58. The molecule has 8 heteroatoms. The molecule has 0 aromatic carbocycles. The van der Waals surface area contributed by atoms with Crippen molar-refractivity contribution in [3.8, 4) is 11.5 Å². The van der Waals surface area contributed by atoms with Gasteiger partial charge in [0.2, 0.25) is 0 Å². The Hall–Kier alpha value is -2.19. The monoisotopic (exact) mass is 404 g/mol. The average Bonchev–Trinajstić information content (AvgIpc) is 3.05. The van der Waals surface area contributed by atoms with Crippen LogP contribution in [0.25, 0.3) is 0 Å². The van der Waals surface area contributed by atoms with Crippen molar-refractivity contribution in [2.75, 3.05) is 40.4 Å². The number of aromatic nitrogens is 2. The number of hydrogen-bond acceptors (Lipinski definition) is 7. The summed E-state index contributed by atoms with van der Waals surface area (Å²) in [5.74, 6) is 1.40. The Labute approximate surface area is 170 Å². The number of hydrogen-bond donors (Lipinski definition) is 0. The smallest absolute Gasteiger partial charge is 0.273 e. The first-order valence-corrected chi connectivity index (χ1v) is 10.6. The highest BCUT2D eigenvalue weighted by Gasteiger charge is 2.23. The fraction of sp³-hybridized carbons (Fsp3) is 0.550. The van der Waals surface area contributed by atoms with Crippen LogP contribution >= 0.6 is 11.3 Å². The van der Waals surface area contributed by atoms with Crippen LogP contribution in [0.3, 0.4) is 0 Å². The van der Waals surface area contributed by atoms with Crippen LogP contribution in [0.5, 0.6) is 11.5 Å². The van der Waals surface area contributed by atoms with E-state index in [1.165, 1.54) is 0 Å². The summed E-state index contributed by atoms with van der Waals surface area (Å²) < 4.78 is 10.9. The maximum absolute atomic E-state index is 12.8. The third-order valence-corrected chi connectivity index (χ3v) is 5.76. The molecular weight excluding hydrogens is 376 g/mol. The second kappa shape index (κ2) is 9.84. The third kappa shape index (κ3) is 4.80. The van der Waals surface area contributed by atoms with Gasteiger partial charge in [-0.05, 0) is 19.3 Å². The lowest BCUT2D eigenvalue weighted by Gasteiger charge is -2.22. The molecule has 0 unspecified atom stereocenters. The quantitative estimate of drug-likeness (QED) is 0.707. The van der Waals surface area contributed by atoms with Crippen molar-refractivity contribution in [1.29, 1.82) is 0 Å². The van der Waals surface area contributed by atoms with Gasteiger partial charge in [-0.25, -0.2) is 4.98 Å². The molecule has 0 atom stereocenters. The first-order chi connectivity index (χ1) is 13.7. The van der Waals surface area contributed by atoms with Gasteiger partial charge in [0.1, 0.15) is 11.4 Å². The zero-order chi connectivity index (χ0) is 19.9. The number of carbonyl (C=O) groups is 1. The van der Waals surface area contributed by atoms with Crippen LogP contribution in [0.4, 0.5) is 0 Å². The summed E-state index contributed by atoms with van der Waals surface area (Å²) in [6, 6.07) is 1.80. The lowest BCUT2D eigenvalue weighted by atomic mass is 10.2. The lowest BCUT2D eigenvalue weighted by Crippen LogP contribution is -2.35. The van der Waals surface area contributed by atoms with Crippen LogP contribution in [-0.4, -0.2) is 66.1 Å². The Balaban J connectivity index is 1.62. The van der Waals surface area contributed by atoms with Gasteiger partial charge in [0.25, 0.3) is 5.91 Å². The van der Waals surface area contributed by atoms with E-state index >= 15 is 0 Å². The van der Waals surface area contributed by atoms with E-state index in [-0.39, 0.29) is 5.91 Å². The van der Waals surface area contributed by atoms with Gasteiger partial charge < -0.3 is 14.4 Å². The highest BCUT2D eigenvalue weighted by atomic mass is 32.1. The van der Waals surface area contributed by atoms with Crippen molar-refractivity contribution in [3.05, 3.63) is 34.0 Å². The maximum atomic E-state index is 12.8. The topological polar surface area (TPSA) is 67.8 Å². The molecule has 1 saturated heterocycles. The molecule has 7 nitrogen and oxygen atoms in total. The molecule has 1 aliphatic rings. The fourth-order valence-electron chi connectivity index (χ4n) is 3.41. The number of thiazole rings is 1. The van der Waals surface area contributed by atoms with Crippen molar-refractivity contribution in [3.63, 3.8) is 0 Å². The zero-order valence-electron chi connectivity index (χ0n) is 16.8. The second-order valence-corrected chi connectivity index (χ2v) is 7.73. The summed E-state index contributed by atoms with van der Waals surface area (Å²) in [5.41, 5.74) is 1.43. The number of ether oxygens (including phenoxy) is 2. The van der Waals surface area contributed by atoms with Gasteiger partial charge in [-0.1, -0.05) is 6.92 Å². The Morgan fingerprint density at radius 3 is 2.82 bits per heavy atom. The molecule has 152 valence electrons. The zero-order valence-corrected chi connectivity index (χ0v) is 17.6. The predicted octanol–water partition coefficient (Wildman–Crippen LogP) is 2.86. The summed E-state index contributed by atoms with van der Waals surface area (Å²) in [6.07, 6.45) is 4.63. The largest absolute Gasteiger partial charge is 0.493 e. The molecule has 0 radical (unpaired) electrons. The number of pyridine rings is 1. The van der Waals surface area contributed by atoms with Crippen molar-refractivity contribution >= 4 is 17.2 Å². The first kappa shape index (κ1) is 20.5. The van der Waals surface area contributed by atoms with E-state index < -0.39 is 0 Å². The molecule has 2 aromatic heterocycles. The highest BCUT2D eigenvalue weighted by molar-refractivity contribution is 7.09. The number of rotatable bonds is 7. The van der Waals surface area contributed by atoms with Crippen molar-refractivity contribution in [1.82, 2.24) is 19.8 Å². The predicted molar refractivity (Wildman–Crippen MR) is 109 cm³/mol. The van der Waals surface area contributed by atoms with Crippen molar-refractivity contribution in [2.24, 2.45) is 0 Å². The maximum Gasteiger partial charge on any atom is 0.273 e. The minimum Gasteiger partial charge on any atom is -0.493 e. The molecule has 0 saturated carbocycles. The van der Waals surface area contributed by atoms with Gasteiger partial charge in [-0.3, -0.25) is 14.7 Å². The number of methoxy groups -OCH3 is 2. The van der Waals surface area contributed by atoms with E-state index in [0.29, 0.717) is 30.3 Å². The third-order valence-electron chi connectivity index (χ3n) is 4.85. The molecule has 1 fully saturated rings. The normalized spacial score (nSPS) is 15.3. The van der Waals surface area contributed by atoms with E-state index in [4.69, 9.17) is 9.47 Å². The molecular formula is C20H28N4O3S. The summed E-state index contributed by atoms with van der Waals surface area (Å²) in [5, 5.41) is 2.93. The van der Waals surface area contributed by atoms with Gasteiger partial charge in [-0.15, -0.1) is 11.3 Å². The van der Waals surface area contributed by atoms with Gasteiger partial charge in [-0.2, -0.15) is 0 Å². The van der Waals surface area contributed by atoms with Crippen LogP contribution in [-0.2, 0) is 13.0 Å².